The molecule has 6 heteroatoms. The molecule has 0 aliphatic carbocycles. The fraction of sp³-hybridized carbons (Fsp3) is 0.136. The highest BCUT2D eigenvalue weighted by Crippen LogP contribution is 2.15. The second kappa shape index (κ2) is 8.82. The van der Waals surface area contributed by atoms with Crippen LogP contribution in [0.2, 0.25) is 0 Å². The summed E-state index contributed by atoms with van der Waals surface area (Å²) in [4.78, 5) is 12.6. The molecular weight excluding hydrogens is 374 g/mol. The summed E-state index contributed by atoms with van der Waals surface area (Å²) in [7, 11) is -3.55. The Kier molecular flexibility index (Phi) is 6.23. The molecule has 3 rings (SSSR count). The molecule has 0 bridgehead atoms. The molecule has 0 unspecified atom stereocenters. The van der Waals surface area contributed by atoms with Crippen LogP contribution in [0.15, 0.2) is 83.8 Å². The van der Waals surface area contributed by atoms with Crippen molar-refractivity contribution in [3.63, 3.8) is 0 Å². The maximum absolute atomic E-state index is 12.4. The number of aryl methyl sites for hydroxylation is 1. The molecule has 3 aromatic carbocycles. The Balaban J connectivity index is 1.51. The molecule has 0 spiro atoms. The largest absolute Gasteiger partial charge is 0.492 e. The first kappa shape index (κ1) is 19.8. The van der Waals surface area contributed by atoms with Crippen LogP contribution in [-0.4, -0.2) is 27.4 Å². The Bertz CT molecular complexity index is 1030. The molecular formula is C22H21NO4S. The van der Waals surface area contributed by atoms with Crippen LogP contribution in [0.4, 0.5) is 0 Å². The van der Waals surface area contributed by atoms with Crippen molar-refractivity contribution < 1.29 is 17.9 Å². The second-order valence-corrected chi connectivity index (χ2v) is 8.05. The molecule has 0 saturated heterocycles. The summed E-state index contributed by atoms with van der Waals surface area (Å²) in [6, 6.07) is 22.5. The van der Waals surface area contributed by atoms with E-state index in [1.165, 1.54) is 0 Å². The Morgan fingerprint density at radius 2 is 1.46 bits per heavy atom. The minimum Gasteiger partial charge on any atom is -0.492 e. The summed E-state index contributed by atoms with van der Waals surface area (Å²) < 4.78 is 32.5. The van der Waals surface area contributed by atoms with E-state index in [4.69, 9.17) is 4.74 Å². The van der Waals surface area contributed by atoms with Gasteiger partial charge in [-0.05, 0) is 43.3 Å². The van der Waals surface area contributed by atoms with Gasteiger partial charge in [-0.1, -0.05) is 48.0 Å². The molecule has 0 heterocycles. The number of sulfonamides is 1. The van der Waals surface area contributed by atoms with Crippen molar-refractivity contribution in [3.05, 3.63) is 95.6 Å². The lowest BCUT2D eigenvalue weighted by Gasteiger charge is -2.09. The highest BCUT2D eigenvalue weighted by Gasteiger charge is 2.13. The summed E-state index contributed by atoms with van der Waals surface area (Å²) in [6.07, 6.45) is 0. The van der Waals surface area contributed by atoms with Crippen molar-refractivity contribution >= 4 is 15.8 Å². The first-order chi connectivity index (χ1) is 13.5. The van der Waals surface area contributed by atoms with Gasteiger partial charge in [0, 0.05) is 17.7 Å². The molecule has 28 heavy (non-hydrogen) atoms. The molecule has 5 nitrogen and oxygen atoms in total. The third-order valence-corrected chi connectivity index (χ3v) is 5.62. The van der Waals surface area contributed by atoms with Gasteiger partial charge in [0.25, 0.3) is 0 Å². The molecule has 0 radical (unpaired) electrons. The van der Waals surface area contributed by atoms with Crippen LogP contribution >= 0.6 is 0 Å². The molecule has 0 amide bonds. The van der Waals surface area contributed by atoms with E-state index in [9.17, 15) is 13.2 Å². The molecule has 0 fully saturated rings. The third kappa shape index (κ3) is 5.06. The van der Waals surface area contributed by atoms with E-state index < -0.39 is 10.0 Å². The lowest BCUT2D eigenvalue weighted by Crippen LogP contribution is -2.28. The van der Waals surface area contributed by atoms with E-state index in [1.807, 2.05) is 25.1 Å². The first-order valence-corrected chi connectivity index (χ1v) is 10.3. The summed E-state index contributed by atoms with van der Waals surface area (Å²) in [6.45, 7) is 2.22. The van der Waals surface area contributed by atoms with Crippen LogP contribution in [0, 0.1) is 6.92 Å². The number of carbonyl (C=O) groups is 1. The smallest absolute Gasteiger partial charge is 0.240 e. The van der Waals surface area contributed by atoms with Gasteiger partial charge in [0.1, 0.15) is 12.4 Å². The number of benzene rings is 3. The van der Waals surface area contributed by atoms with Gasteiger partial charge < -0.3 is 4.74 Å². The minimum absolute atomic E-state index is 0.0574. The third-order valence-electron chi connectivity index (χ3n) is 4.15. The predicted octanol–water partition coefficient (Wildman–Crippen LogP) is 3.58. The van der Waals surface area contributed by atoms with Gasteiger partial charge in [0.05, 0.1) is 4.90 Å². The number of ether oxygens (including phenoxy) is 1. The normalized spacial score (nSPS) is 11.2. The Morgan fingerprint density at radius 1 is 0.857 bits per heavy atom. The molecule has 0 saturated carbocycles. The average Bonchev–Trinajstić information content (AvgIpc) is 2.72. The SMILES string of the molecule is Cc1ccc(S(=O)(=O)NCCOc2ccc(C(=O)c3ccccc3)cc2)cc1. The number of hydrogen-bond donors (Lipinski definition) is 1. The van der Waals surface area contributed by atoms with E-state index in [0.29, 0.717) is 16.9 Å². The molecule has 0 aliphatic heterocycles. The Labute approximate surface area is 165 Å². The highest BCUT2D eigenvalue weighted by molar-refractivity contribution is 7.89. The van der Waals surface area contributed by atoms with Gasteiger partial charge in [-0.2, -0.15) is 0 Å². The van der Waals surface area contributed by atoms with Gasteiger partial charge >= 0.3 is 0 Å². The van der Waals surface area contributed by atoms with Gasteiger partial charge in [-0.3, -0.25) is 4.79 Å². The average molecular weight is 395 g/mol. The van der Waals surface area contributed by atoms with Crippen LogP contribution in [-0.2, 0) is 10.0 Å². The molecule has 0 atom stereocenters. The van der Waals surface area contributed by atoms with Gasteiger partial charge in [-0.25, -0.2) is 13.1 Å². The van der Waals surface area contributed by atoms with Gasteiger partial charge in [0.15, 0.2) is 5.78 Å². The molecule has 0 aromatic heterocycles. The zero-order valence-corrected chi connectivity index (χ0v) is 16.3. The summed E-state index contributed by atoms with van der Waals surface area (Å²) in [5.74, 6) is 0.511. The van der Waals surface area contributed by atoms with Crippen LogP contribution in [0.1, 0.15) is 21.5 Å². The van der Waals surface area contributed by atoms with Crippen molar-refractivity contribution in [2.45, 2.75) is 11.8 Å². The quantitative estimate of drug-likeness (QED) is 0.467. The standard InChI is InChI=1S/C22H21NO4S/c1-17-7-13-21(14-8-17)28(25,26)23-15-16-27-20-11-9-19(10-12-20)22(24)18-5-3-2-4-6-18/h2-14,23H,15-16H2,1H3. The van der Waals surface area contributed by atoms with Crippen molar-refractivity contribution in [3.8, 4) is 5.75 Å². The lowest BCUT2D eigenvalue weighted by molar-refractivity contribution is 0.103. The lowest BCUT2D eigenvalue weighted by atomic mass is 10.0. The fourth-order valence-electron chi connectivity index (χ4n) is 2.60. The Morgan fingerprint density at radius 3 is 2.11 bits per heavy atom. The number of hydrogen-bond acceptors (Lipinski definition) is 4. The van der Waals surface area contributed by atoms with Crippen molar-refractivity contribution in [1.82, 2.24) is 4.72 Å². The summed E-state index contributed by atoms with van der Waals surface area (Å²) >= 11 is 0. The van der Waals surface area contributed by atoms with Crippen LogP contribution in [0.3, 0.4) is 0 Å². The van der Waals surface area contributed by atoms with Crippen molar-refractivity contribution in [2.75, 3.05) is 13.2 Å². The zero-order valence-electron chi connectivity index (χ0n) is 15.5. The topological polar surface area (TPSA) is 72.5 Å². The van der Waals surface area contributed by atoms with Crippen LogP contribution < -0.4 is 9.46 Å². The van der Waals surface area contributed by atoms with Crippen LogP contribution in [0.25, 0.3) is 0 Å². The highest BCUT2D eigenvalue weighted by atomic mass is 32.2. The van der Waals surface area contributed by atoms with Crippen molar-refractivity contribution in [2.24, 2.45) is 0 Å². The summed E-state index contributed by atoms with van der Waals surface area (Å²) in [5.41, 5.74) is 2.19. The van der Waals surface area contributed by atoms with Crippen LogP contribution in [0.5, 0.6) is 5.75 Å². The molecule has 3 aromatic rings. The monoisotopic (exact) mass is 395 g/mol. The van der Waals surface area contributed by atoms with Gasteiger partial charge in [-0.15, -0.1) is 0 Å². The number of nitrogens with one attached hydrogen (secondary N) is 1. The van der Waals surface area contributed by atoms with E-state index in [-0.39, 0.29) is 23.8 Å². The maximum Gasteiger partial charge on any atom is 0.240 e. The number of rotatable bonds is 8. The summed E-state index contributed by atoms with van der Waals surface area (Å²) in [5, 5.41) is 0. The minimum atomic E-state index is -3.55. The van der Waals surface area contributed by atoms with E-state index in [2.05, 4.69) is 4.72 Å². The van der Waals surface area contributed by atoms with Gasteiger partial charge in [0.2, 0.25) is 10.0 Å². The Hall–Kier alpha value is -2.96. The number of carbonyl (C=O) groups excluding carboxylic acids is 1. The van der Waals surface area contributed by atoms with E-state index in [0.717, 1.165) is 5.56 Å². The zero-order chi connectivity index (χ0) is 20.0. The van der Waals surface area contributed by atoms with E-state index >= 15 is 0 Å². The maximum atomic E-state index is 12.4. The molecule has 1 N–H and O–H groups in total. The van der Waals surface area contributed by atoms with Crippen molar-refractivity contribution in [1.29, 1.82) is 0 Å². The predicted molar refractivity (Wildman–Crippen MR) is 108 cm³/mol. The first-order valence-electron chi connectivity index (χ1n) is 8.85. The second-order valence-electron chi connectivity index (χ2n) is 6.28. The van der Waals surface area contributed by atoms with E-state index in [1.54, 1.807) is 60.7 Å². The molecule has 144 valence electrons. The number of ketones is 1. The molecule has 0 aliphatic rings. The fourth-order valence-corrected chi connectivity index (χ4v) is 3.62.